The SMILES string of the molecule is CC(C)Oc1nccn2c(-c3ccsc3)cnc12. The van der Waals surface area contributed by atoms with E-state index in [9.17, 15) is 0 Å². The zero-order chi connectivity index (χ0) is 12.5. The van der Waals surface area contributed by atoms with Crippen molar-refractivity contribution in [3.05, 3.63) is 35.4 Å². The van der Waals surface area contributed by atoms with E-state index in [-0.39, 0.29) is 6.10 Å². The van der Waals surface area contributed by atoms with Crippen molar-refractivity contribution >= 4 is 17.0 Å². The second-order valence-corrected chi connectivity index (χ2v) is 5.03. The largest absolute Gasteiger partial charge is 0.472 e. The minimum Gasteiger partial charge on any atom is -0.472 e. The zero-order valence-electron chi connectivity index (χ0n) is 10.2. The van der Waals surface area contributed by atoms with Gasteiger partial charge >= 0.3 is 0 Å². The van der Waals surface area contributed by atoms with Crippen LogP contribution in [0.25, 0.3) is 16.9 Å². The average Bonchev–Trinajstić information content (AvgIpc) is 2.96. The first-order valence-electron chi connectivity index (χ1n) is 5.77. The number of imidazole rings is 1. The number of aromatic nitrogens is 3. The van der Waals surface area contributed by atoms with Crippen LogP contribution in [-0.2, 0) is 0 Å². The topological polar surface area (TPSA) is 39.4 Å². The van der Waals surface area contributed by atoms with Crippen LogP contribution in [0.2, 0.25) is 0 Å². The molecule has 92 valence electrons. The van der Waals surface area contributed by atoms with Gasteiger partial charge in [-0.2, -0.15) is 11.3 Å². The monoisotopic (exact) mass is 259 g/mol. The Hall–Kier alpha value is -1.88. The van der Waals surface area contributed by atoms with Crippen molar-refractivity contribution in [2.75, 3.05) is 0 Å². The van der Waals surface area contributed by atoms with Gasteiger partial charge in [0.1, 0.15) is 0 Å². The molecule has 0 spiro atoms. The summed E-state index contributed by atoms with van der Waals surface area (Å²) in [7, 11) is 0. The van der Waals surface area contributed by atoms with Gasteiger partial charge in [-0.05, 0) is 25.3 Å². The highest BCUT2D eigenvalue weighted by molar-refractivity contribution is 7.08. The molecule has 0 radical (unpaired) electrons. The van der Waals surface area contributed by atoms with Crippen LogP contribution in [-0.4, -0.2) is 20.5 Å². The van der Waals surface area contributed by atoms with Crippen molar-refractivity contribution in [2.24, 2.45) is 0 Å². The van der Waals surface area contributed by atoms with Crippen molar-refractivity contribution in [2.45, 2.75) is 20.0 Å². The number of fused-ring (bicyclic) bond motifs is 1. The second-order valence-electron chi connectivity index (χ2n) is 4.25. The molecule has 5 heteroatoms. The van der Waals surface area contributed by atoms with Crippen molar-refractivity contribution in [3.63, 3.8) is 0 Å². The Morgan fingerprint density at radius 1 is 1.33 bits per heavy atom. The van der Waals surface area contributed by atoms with Crippen LogP contribution in [0.15, 0.2) is 35.4 Å². The molecule has 4 nitrogen and oxygen atoms in total. The lowest BCUT2D eigenvalue weighted by atomic mass is 10.3. The summed E-state index contributed by atoms with van der Waals surface area (Å²) in [5, 5.41) is 4.16. The maximum atomic E-state index is 5.67. The van der Waals surface area contributed by atoms with Crippen LogP contribution in [0.3, 0.4) is 0 Å². The fraction of sp³-hybridized carbons (Fsp3) is 0.231. The van der Waals surface area contributed by atoms with E-state index < -0.39 is 0 Å². The van der Waals surface area contributed by atoms with E-state index in [1.165, 1.54) is 0 Å². The first-order valence-corrected chi connectivity index (χ1v) is 6.71. The Kier molecular flexibility index (Phi) is 2.76. The average molecular weight is 259 g/mol. The highest BCUT2D eigenvalue weighted by Gasteiger charge is 2.12. The number of ether oxygens (including phenoxy) is 1. The normalized spacial score (nSPS) is 11.3. The Labute approximate surface area is 109 Å². The van der Waals surface area contributed by atoms with Gasteiger partial charge in [0.2, 0.25) is 5.65 Å². The summed E-state index contributed by atoms with van der Waals surface area (Å²) >= 11 is 1.67. The van der Waals surface area contributed by atoms with E-state index in [2.05, 4.69) is 26.8 Å². The molecule has 3 rings (SSSR count). The van der Waals surface area contributed by atoms with Crippen LogP contribution in [0.5, 0.6) is 5.88 Å². The molecule has 0 aliphatic heterocycles. The molecule has 0 amide bonds. The Morgan fingerprint density at radius 3 is 2.94 bits per heavy atom. The number of nitrogens with zero attached hydrogens (tertiary/aromatic N) is 3. The zero-order valence-corrected chi connectivity index (χ0v) is 11.0. The van der Waals surface area contributed by atoms with Crippen molar-refractivity contribution in [3.8, 4) is 17.1 Å². The Bertz CT molecular complexity index is 658. The van der Waals surface area contributed by atoms with Crippen molar-refractivity contribution in [1.29, 1.82) is 0 Å². The summed E-state index contributed by atoms with van der Waals surface area (Å²) in [6, 6.07) is 2.08. The molecule has 0 fully saturated rings. The predicted molar refractivity (Wildman–Crippen MR) is 72.1 cm³/mol. The highest BCUT2D eigenvalue weighted by Crippen LogP contribution is 2.26. The van der Waals surface area contributed by atoms with Crippen LogP contribution in [0, 0.1) is 0 Å². The van der Waals surface area contributed by atoms with Gasteiger partial charge in [0, 0.05) is 23.3 Å². The molecule has 0 saturated heterocycles. The van der Waals surface area contributed by atoms with Crippen LogP contribution >= 0.6 is 11.3 Å². The Balaban J connectivity index is 2.15. The molecule has 0 saturated carbocycles. The number of hydrogen-bond donors (Lipinski definition) is 0. The summed E-state index contributed by atoms with van der Waals surface area (Å²) in [5.74, 6) is 0.578. The van der Waals surface area contributed by atoms with E-state index in [0.29, 0.717) is 5.88 Å². The maximum Gasteiger partial charge on any atom is 0.258 e. The van der Waals surface area contributed by atoms with Crippen molar-refractivity contribution in [1.82, 2.24) is 14.4 Å². The van der Waals surface area contributed by atoms with E-state index in [4.69, 9.17) is 4.74 Å². The molecule has 0 bridgehead atoms. The van der Waals surface area contributed by atoms with Gasteiger partial charge in [0.15, 0.2) is 0 Å². The third kappa shape index (κ3) is 1.86. The molecule has 0 aromatic carbocycles. The van der Waals surface area contributed by atoms with Crippen LogP contribution < -0.4 is 4.74 Å². The number of rotatable bonds is 3. The van der Waals surface area contributed by atoms with Gasteiger partial charge in [0.05, 0.1) is 18.0 Å². The summed E-state index contributed by atoms with van der Waals surface area (Å²) in [4.78, 5) is 8.65. The molecule has 3 aromatic heterocycles. The molecule has 0 aliphatic rings. The Morgan fingerprint density at radius 2 is 2.22 bits per heavy atom. The fourth-order valence-electron chi connectivity index (χ4n) is 1.83. The summed E-state index contributed by atoms with van der Waals surface area (Å²) in [6.45, 7) is 3.96. The molecule has 18 heavy (non-hydrogen) atoms. The van der Waals surface area contributed by atoms with Crippen molar-refractivity contribution < 1.29 is 4.74 Å². The lowest BCUT2D eigenvalue weighted by molar-refractivity contribution is 0.234. The van der Waals surface area contributed by atoms with Gasteiger partial charge in [-0.1, -0.05) is 0 Å². The van der Waals surface area contributed by atoms with E-state index >= 15 is 0 Å². The van der Waals surface area contributed by atoms with Crippen LogP contribution in [0.4, 0.5) is 0 Å². The lowest BCUT2D eigenvalue weighted by Gasteiger charge is -2.09. The first kappa shape index (κ1) is 11.2. The first-order chi connectivity index (χ1) is 8.75. The molecule has 0 aliphatic carbocycles. The minimum absolute atomic E-state index is 0.0880. The van der Waals surface area contributed by atoms with Gasteiger partial charge in [-0.15, -0.1) is 0 Å². The standard InChI is InChI=1S/C13H13N3OS/c1-9(2)17-13-12-15-7-11(10-3-6-18-8-10)16(12)5-4-14-13/h3-9H,1-2H3. The third-order valence-electron chi connectivity index (χ3n) is 2.56. The predicted octanol–water partition coefficient (Wildman–Crippen LogP) is 3.25. The molecular weight excluding hydrogens is 246 g/mol. The fourth-order valence-corrected chi connectivity index (χ4v) is 2.48. The summed E-state index contributed by atoms with van der Waals surface area (Å²) in [5.41, 5.74) is 2.98. The lowest BCUT2D eigenvalue weighted by Crippen LogP contribution is -2.08. The number of hydrogen-bond acceptors (Lipinski definition) is 4. The molecule has 0 atom stereocenters. The molecular formula is C13H13N3OS. The molecule has 3 heterocycles. The summed E-state index contributed by atoms with van der Waals surface area (Å²) < 4.78 is 7.67. The highest BCUT2D eigenvalue weighted by atomic mass is 32.1. The minimum atomic E-state index is 0.0880. The van der Waals surface area contributed by atoms with E-state index in [1.54, 1.807) is 17.5 Å². The quantitative estimate of drug-likeness (QED) is 0.725. The van der Waals surface area contributed by atoms with Gasteiger partial charge < -0.3 is 4.74 Å². The van der Waals surface area contributed by atoms with Crippen LogP contribution in [0.1, 0.15) is 13.8 Å². The molecule has 3 aromatic rings. The second kappa shape index (κ2) is 4.42. The number of thiophene rings is 1. The van der Waals surface area contributed by atoms with Gasteiger partial charge in [-0.3, -0.25) is 4.40 Å². The smallest absolute Gasteiger partial charge is 0.258 e. The molecule has 0 N–H and O–H groups in total. The van der Waals surface area contributed by atoms with E-state index in [0.717, 1.165) is 16.9 Å². The summed E-state index contributed by atoms with van der Waals surface area (Å²) in [6.07, 6.45) is 5.59. The van der Waals surface area contributed by atoms with Gasteiger partial charge in [-0.25, -0.2) is 9.97 Å². The molecule has 0 unspecified atom stereocenters. The maximum absolute atomic E-state index is 5.67. The third-order valence-corrected chi connectivity index (χ3v) is 3.24. The van der Waals surface area contributed by atoms with E-state index in [1.807, 2.05) is 30.6 Å². The van der Waals surface area contributed by atoms with Gasteiger partial charge in [0.25, 0.3) is 5.88 Å².